The molecule has 0 amide bonds. The van der Waals surface area contributed by atoms with Crippen LogP contribution in [0.1, 0.15) is 0 Å². The number of nitrogens with zero attached hydrogens (tertiary/aromatic N) is 2. The number of rotatable bonds is 11. The van der Waals surface area contributed by atoms with Crippen molar-refractivity contribution in [2.45, 2.75) is 0 Å². The largest absolute Gasteiger partial charge is 0.311 e. The molecule has 0 aliphatic rings. The minimum atomic E-state index is -2.71. The van der Waals surface area contributed by atoms with Gasteiger partial charge in [-0.15, -0.1) is 0 Å². The molecule has 0 saturated carbocycles. The van der Waals surface area contributed by atoms with Crippen molar-refractivity contribution in [3.05, 3.63) is 291 Å². The van der Waals surface area contributed by atoms with Gasteiger partial charge in [-0.1, -0.05) is 231 Å². The molecule has 3 heteroatoms. The molecule has 2 nitrogen and oxygen atoms in total. The minimum absolute atomic E-state index is 1.09. The van der Waals surface area contributed by atoms with E-state index in [2.05, 4.69) is 301 Å². The summed E-state index contributed by atoms with van der Waals surface area (Å²) < 4.78 is 2.39. The fourth-order valence-electron chi connectivity index (χ4n) is 10.6. The zero-order chi connectivity index (χ0) is 46.0. The van der Waals surface area contributed by atoms with Crippen molar-refractivity contribution in [2.24, 2.45) is 0 Å². The lowest BCUT2D eigenvalue weighted by molar-refractivity contribution is 1.18. The van der Waals surface area contributed by atoms with E-state index in [0.717, 1.165) is 22.7 Å². The summed E-state index contributed by atoms with van der Waals surface area (Å²) in [6.07, 6.45) is 0. The van der Waals surface area contributed by atoms with E-state index in [9.17, 15) is 0 Å². The Morgan fingerprint density at radius 1 is 0.261 bits per heavy atom. The Bertz CT molecular complexity index is 3550. The van der Waals surface area contributed by atoms with E-state index in [1.54, 1.807) is 0 Å². The normalized spacial score (nSPS) is 11.5. The second-order valence-corrected chi connectivity index (χ2v) is 21.5. The Hall–Kier alpha value is -8.76. The summed E-state index contributed by atoms with van der Waals surface area (Å²) in [6.45, 7) is 0. The Labute approximate surface area is 405 Å². The van der Waals surface area contributed by atoms with Crippen LogP contribution >= 0.6 is 0 Å². The second-order valence-electron chi connectivity index (χ2n) is 17.7. The molecular formula is C66H48N2Si. The maximum Gasteiger partial charge on any atom is 0.179 e. The van der Waals surface area contributed by atoms with Gasteiger partial charge in [0.15, 0.2) is 8.07 Å². The number of benzene rings is 11. The number of fused-ring (bicyclic) bond motifs is 3. The molecule has 0 bridgehead atoms. The predicted octanol–water partition coefficient (Wildman–Crippen LogP) is 14.6. The van der Waals surface area contributed by atoms with Gasteiger partial charge in [-0.3, -0.25) is 0 Å². The van der Waals surface area contributed by atoms with Gasteiger partial charge in [0, 0.05) is 33.5 Å². The first kappa shape index (κ1) is 41.7. The van der Waals surface area contributed by atoms with E-state index in [-0.39, 0.29) is 0 Å². The molecule has 0 fully saturated rings. The van der Waals surface area contributed by atoms with Crippen LogP contribution in [0.3, 0.4) is 0 Å². The lowest BCUT2D eigenvalue weighted by Crippen LogP contribution is -2.74. The molecular weight excluding hydrogens is 849 g/mol. The van der Waals surface area contributed by atoms with E-state index < -0.39 is 8.07 Å². The monoisotopic (exact) mass is 896 g/mol. The van der Waals surface area contributed by atoms with Gasteiger partial charge in [-0.25, -0.2) is 0 Å². The van der Waals surface area contributed by atoms with Gasteiger partial charge in [-0.05, 0) is 115 Å². The summed E-state index contributed by atoms with van der Waals surface area (Å²) >= 11 is 0. The SMILES string of the molecule is c1ccc(-c2ccc(-c3ccc(N(c4ccc(-c5cccc6c5c5ccccc5n6-c5ccccc5)cc4)c4ccc([Si](c5ccccc5)(c5ccccc5)c5ccccc5)cc4)cc3)cc2)cc1. The fourth-order valence-corrected chi connectivity index (χ4v) is 15.3. The number of aromatic nitrogens is 1. The number of hydrogen-bond donors (Lipinski definition) is 0. The summed E-state index contributed by atoms with van der Waals surface area (Å²) in [5.74, 6) is 0. The number of anilines is 3. The van der Waals surface area contributed by atoms with Crippen LogP contribution in [0.15, 0.2) is 291 Å². The van der Waals surface area contributed by atoms with Crippen molar-refractivity contribution in [1.82, 2.24) is 4.57 Å². The molecule has 0 aliphatic carbocycles. The maximum atomic E-state index is 2.40. The van der Waals surface area contributed by atoms with E-state index in [1.165, 1.54) is 75.9 Å². The Morgan fingerprint density at radius 3 is 1.13 bits per heavy atom. The van der Waals surface area contributed by atoms with Crippen molar-refractivity contribution in [2.75, 3.05) is 4.90 Å². The van der Waals surface area contributed by atoms with Crippen molar-refractivity contribution in [1.29, 1.82) is 0 Å². The van der Waals surface area contributed by atoms with Crippen LogP contribution < -0.4 is 25.6 Å². The van der Waals surface area contributed by atoms with Crippen molar-refractivity contribution in [3.63, 3.8) is 0 Å². The molecule has 12 aromatic rings. The fraction of sp³-hybridized carbons (Fsp3) is 0. The summed E-state index contributed by atoms with van der Waals surface area (Å²) in [7, 11) is -2.71. The van der Waals surface area contributed by atoms with Crippen LogP contribution in [0.4, 0.5) is 17.1 Å². The smallest absolute Gasteiger partial charge is 0.179 e. The molecule has 0 N–H and O–H groups in total. The molecule has 12 rings (SSSR count). The van der Waals surface area contributed by atoms with Gasteiger partial charge in [0.05, 0.1) is 11.0 Å². The van der Waals surface area contributed by atoms with Gasteiger partial charge in [-0.2, -0.15) is 0 Å². The third kappa shape index (κ3) is 7.56. The van der Waals surface area contributed by atoms with Gasteiger partial charge in [0.25, 0.3) is 0 Å². The molecule has 0 aliphatic heterocycles. The minimum Gasteiger partial charge on any atom is -0.311 e. The first-order chi connectivity index (χ1) is 34.2. The van der Waals surface area contributed by atoms with Crippen molar-refractivity contribution >= 4 is 67.7 Å². The molecule has 11 aromatic carbocycles. The van der Waals surface area contributed by atoms with Crippen LogP contribution in [-0.4, -0.2) is 12.6 Å². The third-order valence-electron chi connectivity index (χ3n) is 13.8. The lowest BCUT2D eigenvalue weighted by atomic mass is 9.98. The highest BCUT2D eigenvalue weighted by Gasteiger charge is 2.41. The Morgan fingerprint density at radius 2 is 0.623 bits per heavy atom. The molecule has 326 valence electrons. The van der Waals surface area contributed by atoms with Crippen molar-refractivity contribution < 1.29 is 0 Å². The van der Waals surface area contributed by atoms with Crippen LogP contribution in [0.5, 0.6) is 0 Å². The van der Waals surface area contributed by atoms with Gasteiger partial charge in [0.1, 0.15) is 0 Å². The zero-order valence-electron chi connectivity index (χ0n) is 38.1. The first-order valence-corrected chi connectivity index (χ1v) is 25.8. The summed E-state index contributed by atoms with van der Waals surface area (Å²) in [6, 6.07) is 107. The molecule has 0 radical (unpaired) electrons. The third-order valence-corrected chi connectivity index (χ3v) is 18.6. The maximum absolute atomic E-state index is 2.71. The first-order valence-electron chi connectivity index (χ1n) is 23.8. The van der Waals surface area contributed by atoms with E-state index >= 15 is 0 Å². The topological polar surface area (TPSA) is 8.17 Å². The molecule has 0 saturated heterocycles. The van der Waals surface area contributed by atoms with Crippen molar-refractivity contribution in [3.8, 4) is 39.1 Å². The molecule has 1 heterocycles. The predicted molar refractivity (Wildman–Crippen MR) is 295 cm³/mol. The quantitative estimate of drug-likeness (QED) is 0.0928. The number of para-hydroxylation sites is 2. The Kier molecular flexibility index (Phi) is 11.0. The summed E-state index contributed by atoms with van der Waals surface area (Å²) in [4.78, 5) is 2.40. The van der Waals surface area contributed by atoms with Gasteiger partial charge >= 0.3 is 0 Å². The van der Waals surface area contributed by atoms with Crippen LogP contribution in [-0.2, 0) is 0 Å². The average molecular weight is 897 g/mol. The van der Waals surface area contributed by atoms with E-state index in [0.29, 0.717) is 0 Å². The lowest BCUT2D eigenvalue weighted by Gasteiger charge is -2.35. The molecule has 0 unspecified atom stereocenters. The Balaban J connectivity index is 0.975. The second kappa shape index (κ2) is 18.1. The average Bonchev–Trinajstić information content (AvgIpc) is 3.78. The highest BCUT2D eigenvalue weighted by Crippen LogP contribution is 2.41. The van der Waals surface area contributed by atoms with E-state index in [1.807, 2.05) is 0 Å². The summed E-state index contributed by atoms with van der Waals surface area (Å²) in [5.41, 5.74) is 14.0. The molecule has 69 heavy (non-hydrogen) atoms. The zero-order valence-corrected chi connectivity index (χ0v) is 39.1. The highest BCUT2D eigenvalue weighted by molar-refractivity contribution is 7.19. The molecule has 1 aromatic heterocycles. The van der Waals surface area contributed by atoms with Crippen LogP contribution in [0.2, 0.25) is 0 Å². The standard InChI is InChI=1S/C66H48N2Si/c1-6-19-49(20-7-1)50-33-35-51(36-34-50)52-37-41-55(42-38-52)67(57-45-47-61(48-46-57)69(58-23-10-3-11-24-58,59-25-12-4-13-26-59)60-27-14-5-15-28-60)56-43-39-53(40-44-56)62-30-18-32-65-66(62)63-29-16-17-31-64(63)68(65)54-21-8-2-9-22-54/h1-48H. The van der Waals surface area contributed by atoms with Crippen LogP contribution in [0.25, 0.3) is 60.9 Å². The van der Waals surface area contributed by atoms with Crippen LogP contribution in [0, 0.1) is 0 Å². The highest BCUT2D eigenvalue weighted by atomic mass is 28.3. The number of hydrogen-bond acceptors (Lipinski definition) is 1. The van der Waals surface area contributed by atoms with E-state index in [4.69, 9.17) is 0 Å². The summed E-state index contributed by atoms with van der Waals surface area (Å²) in [5, 5.41) is 7.91. The van der Waals surface area contributed by atoms with Gasteiger partial charge < -0.3 is 9.47 Å². The van der Waals surface area contributed by atoms with Gasteiger partial charge in [0.2, 0.25) is 0 Å². The molecule has 0 spiro atoms. The molecule has 0 atom stereocenters.